The lowest BCUT2D eigenvalue weighted by atomic mass is 10.2. The molecule has 124 valence electrons. The van der Waals surface area contributed by atoms with E-state index in [1.165, 1.54) is 22.5 Å². The number of hydrogen-bond acceptors (Lipinski definition) is 5. The SMILES string of the molecule is COc1ccc(Br)cc1CSc1nnc(-c2ccccc2F)n1N. The van der Waals surface area contributed by atoms with Crippen molar-refractivity contribution in [1.82, 2.24) is 14.9 Å². The predicted molar refractivity (Wildman–Crippen MR) is 95.8 cm³/mol. The Hall–Kier alpha value is -2.06. The van der Waals surface area contributed by atoms with Gasteiger partial charge < -0.3 is 10.6 Å². The Balaban J connectivity index is 1.83. The Morgan fingerprint density at radius 3 is 2.79 bits per heavy atom. The summed E-state index contributed by atoms with van der Waals surface area (Å²) in [5.41, 5.74) is 1.31. The number of rotatable bonds is 5. The molecule has 0 aliphatic rings. The van der Waals surface area contributed by atoms with Gasteiger partial charge in [-0.25, -0.2) is 9.07 Å². The first-order valence-corrected chi connectivity index (χ1v) is 8.78. The topological polar surface area (TPSA) is 66.0 Å². The van der Waals surface area contributed by atoms with Gasteiger partial charge in [-0.15, -0.1) is 10.2 Å². The van der Waals surface area contributed by atoms with Gasteiger partial charge >= 0.3 is 0 Å². The lowest BCUT2D eigenvalue weighted by Crippen LogP contribution is -2.12. The minimum Gasteiger partial charge on any atom is -0.496 e. The second-order valence-electron chi connectivity index (χ2n) is 4.90. The van der Waals surface area contributed by atoms with Gasteiger partial charge in [0.15, 0.2) is 5.82 Å². The van der Waals surface area contributed by atoms with Crippen LogP contribution in [0.3, 0.4) is 0 Å². The Morgan fingerprint density at radius 2 is 2.04 bits per heavy atom. The molecule has 1 heterocycles. The van der Waals surface area contributed by atoms with E-state index in [1.54, 1.807) is 25.3 Å². The van der Waals surface area contributed by atoms with Gasteiger partial charge in [-0.1, -0.05) is 39.8 Å². The summed E-state index contributed by atoms with van der Waals surface area (Å²) in [6, 6.07) is 12.1. The van der Waals surface area contributed by atoms with Gasteiger partial charge in [0.1, 0.15) is 11.6 Å². The van der Waals surface area contributed by atoms with Gasteiger partial charge in [0.25, 0.3) is 0 Å². The largest absolute Gasteiger partial charge is 0.496 e. The average Bonchev–Trinajstić information content (AvgIpc) is 2.94. The fraction of sp³-hybridized carbons (Fsp3) is 0.125. The maximum absolute atomic E-state index is 13.9. The summed E-state index contributed by atoms with van der Waals surface area (Å²) in [6.07, 6.45) is 0. The van der Waals surface area contributed by atoms with E-state index in [0.29, 0.717) is 16.5 Å². The van der Waals surface area contributed by atoms with Crippen molar-refractivity contribution in [2.45, 2.75) is 10.9 Å². The molecule has 0 saturated heterocycles. The number of halogens is 2. The van der Waals surface area contributed by atoms with Crippen LogP contribution >= 0.6 is 27.7 Å². The second kappa shape index (κ2) is 7.23. The molecule has 3 rings (SSSR count). The molecule has 0 aliphatic carbocycles. The number of nitrogen functional groups attached to an aromatic ring is 1. The molecule has 0 aliphatic heterocycles. The van der Waals surface area contributed by atoms with Gasteiger partial charge in [0.05, 0.1) is 12.7 Å². The first-order valence-electron chi connectivity index (χ1n) is 7.00. The highest BCUT2D eigenvalue weighted by atomic mass is 79.9. The van der Waals surface area contributed by atoms with Crippen LogP contribution in [0, 0.1) is 5.82 Å². The number of thioether (sulfide) groups is 1. The number of nitrogens with two attached hydrogens (primary N) is 1. The van der Waals surface area contributed by atoms with E-state index in [-0.39, 0.29) is 11.6 Å². The molecule has 0 atom stereocenters. The van der Waals surface area contributed by atoms with E-state index in [0.717, 1.165) is 15.8 Å². The maximum Gasteiger partial charge on any atom is 0.210 e. The standard InChI is InChI=1S/C16H14BrFN4OS/c1-23-14-7-6-11(17)8-10(14)9-24-16-21-20-15(22(16)19)12-4-2-3-5-13(12)18/h2-8H,9,19H2,1H3. The Kier molecular flexibility index (Phi) is 5.06. The van der Waals surface area contributed by atoms with Crippen molar-refractivity contribution in [2.75, 3.05) is 13.0 Å². The summed E-state index contributed by atoms with van der Waals surface area (Å²) in [7, 11) is 1.62. The molecule has 0 amide bonds. The molecule has 1 aromatic heterocycles. The van der Waals surface area contributed by atoms with Crippen LogP contribution < -0.4 is 10.6 Å². The minimum absolute atomic E-state index is 0.289. The molecule has 0 saturated carbocycles. The number of hydrogen-bond donors (Lipinski definition) is 1. The van der Waals surface area contributed by atoms with Crippen molar-refractivity contribution < 1.29 is 9.13 Å². The third-order valence-corrected chi connectivity index (χ3v) is 4.86. The van der Waals surface area contributed by atoms with Crippen LogP contribution in [0.1, 0.15) is 5.56 Å². The fourth-order valence-corrected chi connectivity index (χ4v) is 3.45. The summed E-state index contributed by atoms with van der Waals surface area (Å²) < 4.78 is 21.5. The summed E-state index contributed by atoms with van der Waals surface area (Å²) in [4.78, 5) is 0. The summed E-state index contributed by atoms with van der Waals surface area (Å²) in [5.74, 6) is 7.31. The highest BCUT2D eigenvalue weighted by molar-refractivity contribution is 9.10. The Labute approximate surface area is 151 Å². The highest BCUT2D eigenvalue weighted by Gasteiger charge is 2.16. The smallest absolute Gasteiger partial charge is 0.210 e. The van der Waals surface area contributed by atoms with Crippen LogP contribution in [-0.2, 0) is 5.75 Å². The van der Waals surface area contributed by atoms with Gasteiger partial charge in [-0.05, 0) is 30.3 Å². The van der Waals surface area contributed by atoms with E-state index in [9.17, 15) is 4.39 Å². The quantitative estimate of drug-likeness (QED) is 0.512. The van der Waals surface area contributed by atoms with Crippen LogP contribution in [0.5, 0.6) is 5.75 Å². The van der Waals surface area contributed by atoms with Crippen LogP contribution in [0.15, 0.2) is 52.1 Å². The predicted octanol–water partition coefficient (Wildman–Crippen LogP) is 3.86. The molecule has 0 fully saturated rings. The van der Waals surface area contributed by atoms with Crippen LogP contribution in [-0.4, -0.2) is 22.0 Å². The molecular weight excluding hydrogens is 395 g/mol. The molecule has 5 nitrogen and oxygen atoms in total. The van der Waals surface area contributed by atoms with Gasteiger partial charge in [0.2, 0.25) is 5.16 Å². The molecule has 0 unspecified atom stereocenters. The summed E-state index contributed by atoms with van der Waals surface area (Å²) >= 11 is 4.85. The first kappa shape index (κ1) is 16.8. The molecule has 2 N–H and O–H groups in total. The van der Waals surface area contributed by atoms with E-state index in [2.05, 4.69) is 26.1 Å². The summed E-state index contributed by atoms with van der Waals surface area (Å²) in [6.45, 7) is 0. The maximum atomic E-state index is 13.9. The van der Waals surface area contributed by atoms with Crippen LogP contribution in [0.25, 0.3) is 11.4 Å². The molecule has 24 heavy (non-hydrogen) atoms. The lowest BCUT2D eigenvalue weighted by Gasteiger charge is -2.09. The molecule has 0 spiro atoms. The zero-order valence-corrected chi connectivity index (χ0v) is 15.1. The fourth-order valence-electron chi connectivity index (χ4n) is 2.20. The third-order valence-electron chi connectivity index (χ3n) is 3.38. The molecule has 2 aromatic carbocycles. The lowest BCUT2D eigenvalue weighted by molar-refractivity contribution is 0.411. The van der Waals surface area contributed by atoms with Crippen molar-refractivity contribution in [3.8, 4) is 17.1 Å². The van der Waals surface area contributed by atoms with Crippen molar-refractivity contribution >= 4 is 27.7 Å². The van der Waals surface area contributed by atoms with Crippen molar-refractivity contribution in [3.05, 3.63) is 58.3 Å². The van der Waals surface area contributed by atoms with E-state index >= 15 is 0 Å². The molecule has 0 radical (unpaired) electrons. The third kappa shape index (κ3) is 3.39. The van der Waals surface area contributed by atoms with Gasteiger partial charge in [-0.2, -0.15) is 0 Å². The van der Waals surface area contributed by atoms with E-state index in [4.69, 9.17) is 10.6 Å². The van der Waals surface area contributed by atoms with Crippen LogP contribution in [0.4, 0.5) is 4.39 Å². The number of nitrogens with zero attached hydrogens (tertiary/aromatic N) is 3. The van der Waals surface area contributed by atoms with E-state index < -0.39 is 0 Å². The van der Waals surface area contributed by atoms with Gasteiger partial charge in [0, 0.05) is 15.8 Å². The first-order chi connectivity index (χ1) is 11.6. The number of ether oxygens (including phenoxy) is 1. The summed E-state index contributed by atoms with van der Waals surface area (Å²) in [5, 5.41) is 8.56. The molecule has 3 aromatic rings. The zero-order chi connectivity index (χ0) is 17.1. The number of aromatic nitrogens is 3. The Bertz CT molecular complexity index is 871. The van der Waals surface area contributed by atoms with Crippen molar-refractivity contribution in [3.63, 3.8) is 0 Å². The monoisotopic (exact) mass is 408 g/mol. The highest BCUT2D eigenvalue weighted by Crippen LogP contribution is 2.30. The van der Waals surface area contributed by atoms with Crippen molar-refractivity contribution in [1.29, 1.82) is 0 Å². The molecular formula is C16H14BrFN4OS. The average molecular weight is 409 g/mol. The minimum atomic E-state index is -0.387. The normalized spacial score (nSPS) is 10.8. The van der Waals surface area contributed by atoms with Crippen molar-refractivity contribution in [2.24, 2.45) is 0 Å². The van der Waals surface area contributed by atoms with E-state index in [1.807, 2.05) is 18.2 Å². The molecule has 0 bridgehead atoms. The number of methoxy groups -OCH3 is 1. The second-order valence-corrected chi connectivity index (χ2v) is 6.76. The number of benzene rings is 2. The Morgan fingerprint density at radius 1 is 1.25 bits per heavy atom. The van der Waals surface area contributed by atoms with Gasteiger partial charge in [-0.3, -0.25) is 0 Å². The zero-order valence-electron chi connectivity index (χ0n) is 12.7. The van der Waals surface area contributed by atoms with Crippen LogP contribution in [0.2, 0.25) is 0 Å². The molecule has 8 heteroatoms.